The molecule has 0 aliphatic carbocycles. The number of hydrogen-bond donors (Lipinski definition) is 1. The van der Waals surface area contributed by atoms with E-state index in [-0.39, 0.29) is 6.54 Å². The predicted molar refractivity (Wildman–Crippen MR) is 87.9 cm³/mol. The Morgan fingerprint density at radius 3 is 2.42 bits per heavy atom. The van der Waals surface area contributed by atoms with Gasteiger partial charge in [0.1, 0.15) is 6.54 Å². The summed E-state index contributed by atoms with van der Waals surface area (Å²) in [6.07, 6.45) is -1.80. The molecule has 0 unspecified atom stereocenters. The van der Waals surface area contributed by atoms with Crippen molar-refractivity contribution in [3.63, 3.8) is 0 Å². The monoisotopic (exact) mass is 360 g/mol. The van der Waals surface area contributed by atoms with Crippen molar-refractivity contribution in [3.05, 3.63) is 83.9 Å². The molecule has 0 aliphatic heterocycles. The second-order valence-corrected chi connectivity index (χ2v) is 5.56. The summed E-state index contributed by atoms with van der Waals surface area (Å²) in [7, 11) is 0. The summed E-state index contributed by atoms with van der Waals surface area (Å²) < 4.78 is 38.8. The van der Waals surface area contributed by atoms with Gasteiger partial charge >= 0.3 is 6.18 Å². The van der Waals surface area contributed by atoms with Gasteiger partial charge in [-0.2, -0.15) is 18.3 Å². The van der Waals surface area contributed by atoms with E-state index in [0.29, 0.717) is 5.69 Å². The van der Waals surface area contributed by atoms with E-state index in [0.717, 1.165) is 22.5 Å². The molecule has 26 heavy (non-hydrogen) atoms. The molecule has 0 saturated carbocycles. The zero-order chi connectivity index (χ0) is 18.6. The van der Waals surface area contributed by atoms with E-state index in [1.807, 2.05) is 30.3 Å². The van der Waals surface area contributed by atoms with Crippen LogP contribution in [-0.2, 0) is 17.5 Å². The number of pyridine rings is 1. The van der Waals surface area contributed by atoms with Gasteiger partial charge in [-0.15, -0.1) is 0 Å². The molecule has 0 bridgehead atoms. The molecular formula is C18H15F3N4O. The number of carbonyl (C=O) groups excluding carboxylic acids is 1. The Hall–Kier alpha value is -3.16. The molecule has 134 valence electrons. The molecule has 0 saturated heterocycles. The highest BCUT2D eigenvalue weighted by Gasteiger charge is 2.33. The standard InChI is InChI=1S/C18H15F3N4O/c19-18(20,21)15-9-11-25(24-15)12-16(26)23-17(13-6-2-1-3-7-13)14-8-4-5-10-22-14/h1-11,17H,12H2,(H,23,26)/t17-/m1/s1. The van der Waals surface area contributed by atoms with Crippen LogP contribution in [0.2, 0.25) is 0 Å². The van der Waals surface area contributed by atoms with Gasteiger partial charge in [0, 0.05) is 12.4 Å². The van der Waals surface area contributed by atoms with Crippen LogP contribution in [0.3, 0.4) is 0 Å². The van der Waals surface area contributed by atoms with Crippen molar-refractivity contribution in [2.45, 2.75) is 18.8 Å². The number of benzene rings is 1. The molecule has 1 atom stereocenters. The van der Waals surface area contributed by atoms with Crippen molar-refractivity contribution in [1.29, 1.82) is 0 Å². The van der Waals surface area contributed by atoms with Crippen LogP contribution in [0, 0.1) is 0 Å². The van der Waals surface area contributed by atoms with Crippen LogP contribution in [-0.4, -0.2) is 20.7 Å². The summed E-state index contributed by atoms with van der Waals surface area (Å²) in [5.41, 5.74) is 0.411. The van der Waals surface area contributed by atoms with Crippen LogP contribution in [0.5, 0.6) is 0 Å². The molecule has 0 radical (unpaired) electrons. The number of carbonyl (C=O) groups is 1. The number of nitrogens with zero attached hydrogens (tertiary/aromatic N) is 3. The fraction of sp³-hybridized carbons (Fsp3) is 0.167. The van der Waals surface area contributed by atoms with E-state index in [4.69, 9.17) is 0 Å². The normalized spacial score (nSPS) is 12.6. The Balaban J connectivity index is 1.77. The minimum Gasteiger partial charge on any atom is -0.342 e. The summed E-state index contributed by atoms with van der Waals surface area (Å²) >= 11 is 0. The molecule has 2 heterocycles. The molecule has 0 spiro atoms. The van der Waals surface area contributed by atoms with E-state index in [1.54, 1.807) is 24.4 Å². The first-order valence-electron chi connectivity index (χ1n) is 7.79. The minimum atomic E-state index is -4.54. The minimum absolute atomic E-state index is 0.327. The van der Waals surface area contributed by atoms with Crippen molar-refractivity contribution >= 4 is 5.91 Å². The number of alkyl halides is 3. The molecule has 1 aromatic carbocycles. The Labute approximate surface area is 147 Å². The topological polar surface area (TPSA) is 59.8 Å². The summed E-state index contributed by atoms with van der Waals surface area (Å²) in [6.45, 7) is -0.327. The first-order valence-corrected chi connectivity index (χ1v) is 7.79. The lowest BCUT2D eigenvalue weighted by atomic mass is 10.0. The highest BCUT2D eigenvalue weighted by Crippen LogP contribution is 2.27. The average Bonchev–Trinajstić information content (AvgIpc) is 3.10. The third kappa shape index (κ3) is 4.27. The SMILES string of the molecule is O=C(Cn1ccc(C(F)(F)F)n1)N[C@H](c1ccccc1)c1ccccn1. The lowest BCUT2D eigenvalue weighted by Gasteiger charge is -2.19. The van der Waals surface area contributed by atoms with E-state index in [1.165, 1.54) is 0 Å². The maximum Gasteiger partial charge on any atom is 0.435 e. The van der Waals surface area contributed by atoms with Crippen LogP contribution < -0.4 is 5.32 Å². The van der Waals surface area contributed by atoms with Crippen LogP contribution in [0.4, 0.5) is 13.2 Å². The van der Waals surface area contributed by atoms with Crippen molar-refractivity contribution < 1.29 is 18.0 Å². The van der Waals surface area contributed by atoms with Crippen LogP contribution in [0.15, 0.2) is 67.0 Å². The molecule has 0 fully saturated rings. The van der Waals surface area contributed by atoms with Gasteiger partial charge in [0.15, 0.2) is 5.69 Å². The highest BCUT2D eigenvalue weighted by molar-refractivity contribution is 5.76. The molecule has 3 aromatic rings. The largest absolute Gasteiger partial charge is 0.435 e. The molecule has 8 heteroatoms. The second-order valence-electron chi connectivity index (χ2n) is 5.56. The molecule has 5 nitrogen and oxygen atoms in total. The molecular weight excluding hydrogens is 345 g/mol. The van der Waals surface area contributed by atoms with Crippen molar-refractivity contribution in [2.24, 2.45) is 0 Å². The predicted octanol–water partition coefficient (Wildman–Crippen LogP) is 3.20. The van der Waals surface area contributed by atoms with Gasteiger partial charge in [-0.3, -0.25) is 14.5 Å². The third-order valence-electron chi connectivity index (χ3n) is 3.66. The van der Waals surface area contributed by atoms with Crippen molar-refractivity contribution in [1.82, 2.24) is 20.1 Å². The Bertz CT molecular complexity index is 823. The number of halogens is 3. The number of rotatable bonds is 5. The zero-order valence-electron chi connectivity index (χ0n) is 13.5. The lowest BCUT2D eigenvalue weighted by molar-refractivity contribution is -0.141. The molecule has 1 amide bonds. The number of nitrogens with one attached hydrogen (secondary N) is 1. The van der Waals surface area contributed by atoms with Gasteiger partial charge in [0.25, 0.3) is 0 Å². The fourth-order valence-corrected chi connectivity index (χ4v) is 2.47. The zero-order valence-corrected chi connectivity index (χ0v) is 13.5. The van der Waals surface area contributed by atoms with Crippen molar-refractivity contribution in [2.75, 3.05) is 0 Å². The summed E-state index contributed by atoms with van der Waals surface area (Å²) in [5.74, 6) is -0.471. The Morgan fingerprint density at radius 1 is 1.08 bits per heavy atom. The van der Waals surface area contributed by atoms with Gasteiger partial charge in [0.05, 0.1) is 11.7 Å². The maximum absolute atomic E-state index is 12.6. The number of amides is 1. The first kappa shape index (κ1) is 17.7. The first-order chi connectivity index (χ1) is 12.4. The second kappa shape index (κ2) is 7.38. The fourth-order valence-electron chi connectivity index (χ4n) is 2.47. The van der Waals surface area contributed by atoms with Gasteiger partial charge in [-0.05, 0) is 23.8 Å². The van der Waals surface area contributed by atoms with Crippen LogP contribution >= 0.6 is 0 Å². The van der Waals surface area contributed by atoms with Gasteiger partial charge in [-0.1, -0.05) is 36.4 Å². The lowest BCUT2D eigenvalue weighted by Crippen LogP contribution is -2.32. The molecule has 0 aliphatic rings. The van der Waals surface area contributed by atoms with E-state index >= 15 is 0 Å². The molecule has 1 N–H and O–H groups in total. The van der Waals surface area contributed by atoms with Gasteiger partial charge in [0.2, 0.25) is 5.91 Å². The maximum atomic E-state index is 12.6. The molecule has 2 aromatic heterocycles. The summed E-state index contributed by atoms with van der Waals surface area (Å²) in [5, 5.41) is 6.19. The van der Waals surface area contributed by atoms with Gasteiger partial charge in [-0.25, -0.2) is 0 Å². The number of aromatic nitrogens is 3. The smallest absolute Gasteiger partial charge is 0.342 e. The average molecular weight is 360 g/mol. The van der Waals surface area contributed by atoms with E-state index in [9.17, 15) is 18.0 Å². The Kier molecular flexibility index (Phi) is 5.01. The van der Waals surface area contributed by atoms with Crippen LogP contribution in [0.1, 0.15) is 23.0 Å². The Morgan fingerprint density at radius 2 is 1.81 bits per heavy atom. The molecule has 3 rings (SSSR count). The highest BCUT2D eigenvalue weighted by atomic mass is 19.4. The van der Waals surface area contributed by atoms with E-state index < -0.39 is 23.8 Å². The third-order valence-corrected chi connectivity index (χ3v) is 3.66. The summed E-state index contributed by atoms with van der Waals surface area (Å²) in [4.78, 5) is 16.6. The summed E-state index contributed by atoms with van der Waals surface area (Å²) in [6, 6.07) is 14.9. The van der Waals surface area contributed by atoms with Gasteiger partial charge < -0.3 is 5.32 Å². The van der Waals surface area contributed by atoms with E-state index in [2.05, 4.69) is 15.4 Å². The number of hydrogen-bond acceptors (Lipinski definition) is 3. The van der Waals surface area contributed by atoms with Crippen molar-refractivity contribution in [3.8, 4) is 0 Å². The quantitative estimate of drug-likeness (QED) is 0.760. The van der Waals surface area contributed by atoms with Crippen LogP contribution in [0.25, 0.3) is 0 Å².